The third kappa shape index (κ3) is 4.23. The lowest BCUT2D eigenvalue weighted by atomic mass is 9.54. The highest BCUT2D eigenvalue weighted by atomic mass is 16.3. The number of hydrogen-bond acceptors (Lipinski definition) is 2. The molecule has 0 aliphatic heterocycles. The first-order chi connectivity index (χ1) is 19.1. The maximum atomic E-state index is 10.3. The zero-order valence-corrected chi connectivity index (χ0v) is 23.8. The summed E-state index contributed by atoms with van der Waals surface area (Å²) in [7, 11) is 0. The summed E-state index contributed by atoms with van der Waals surface area (Å²) in [6.45, 7) is 14.5. The zero-order chi connectivity index (χ0) is 29.6. The van der Waals surface area contributed by atoms with E-state index in [-0.39, 0.29) is 10.8 Å². The van der Waals surface area contributed by atoms with E-state index >= 15 is 0 Å². The maximum absolute atomic E-state index is 10.3. The first-order valence-electron chi connectivity index (χ1n) is 15.4. The molecule has 0 N–H and O–H groups in total. The van der Waals surface area contributed by atoms with Crippen molar-refractivity contribution in [1.82, 2.24) is 4.98 Å². The fourth-order valence-electron chi connectivity index (χ4n) is 6.91. The summed E-state index contributed by atoms with van der Waals surface area (Å²) in [5, 5.41) is 4.30. The van der Waals surface area contributed by atoms with Crippen molar-refractivity contribution in [3.63, 3.8) is 0 Å². The van der Waals surface area contributed by atoms with Crippen molar-refractivity contribution in [2.24, 2.45) is 16.2 Å². The molecule has 0 spiro atoms. The topological polar surface area (TPSA) is 26.0 Å². The zero-order valence-electron chi connectivity index (χ0n) is 26.8. The maximum Gasteiger partial charge on any atom is 0.144 e. The van der Waals surface area contributed by atoms with Crippen molar-refractivity contribution in [3.8, 4) is 11.3 Å². The minimum Gasteiger partial charge on any atom is -0.455 e. The van der Waals surface area contributed by atoms with Gasteiger partial charge in [0.2, 0.25) is 0 Å². The molecular weight excluding hydrogens is 462 g/mol. The molecule has 3 aromatic carbocycles. The highest BCUT2D eigenvalue weighted by molar-refractivity contribution is 6.17. The van der Waals surface area contributed by atoms with E-state index in [9.17, 15) is 4.11 Å². The molecule has 196 valence electrons. The number of aromatic nitrogens is 1. The Kier molecular flexibility index (Phi) is 4.98. The van der Waals surface area contributed by atoms with Crippen LogP contribution in [-0.4, -0.2) is 4.98 Å². The molecule has 0 bridgehead atoms. The molecule has 1 fully saturated rings. The number of benzene rings is 3. The molecule has 6 rings (SSSR count). The van der Waals surface area contributed by atoms with E-state index in [4.69, 9.17) is 9.40 Å². The molecule has 0 saturated heterocycles. The first kappa shape index (κ1) is 21.8. The number of para-hydroxylation sites is 1. The summed E-state index contributed by atoms with van der Waals surface area (Å²) in [5.74, 6) is -1.03. The van der Waals surface area contributed by atoms with E-state index in [1.165, 1.54) is 0 Å². The van der Waals surface area contributed by atoms with Gasteiger partial charge in [-0.05, 0) is 76.1 Å². The van der Waals surface area contributed by atoms with E-state index in [1.807, 2.05) is 51.1 Å². The Labute approximate surface area is 231 Å². The molecule has 0 unspecified atom stereocenters. The van der Waals surface area contributed by atoms with Gasteiger partial charge in [-0.25, -0.2) is 0 Å². The Morgan fingerprint density at radius 3 is 2.32 bits per heavy atom. The van der Waals surface area contributed by atoms with Crippen LogP contribution in [0.5, 0.6) is 0 Å². The van der Waals surface area contributed by atoms with Gasteiger partial charge in [0.05, 0.1) is 5.69 Å². The Balaban J connectivity index is 1.66. The quantitative estimate of drug-likeness (QED) is 0.243. The summed E-state index contributed by atoms with van der Waals surface area (Å²) in [4.78, 5) is 4.91. The second-order valence-electron chi connectivity index (χ2n) is 13.4. The number of pyridine rings is 1. The SMILES string of the molecule is [2H]C([2H])(c1cnc(-c2cccc3c2oc2c4ccccc4ccc32)cc1C1([2H])C(C)(C)CCCC1(C)C)C(C)(C)C. The Hall–Kier alpha value is -3.13. The Morgan fingerprint density at radius 2 is 1.58 bits per heavy atom. The second kappa shape index (κ2) is 8.70. The second-order valence-corrected chi connectivity index (χ2v) is 13.4. The van der Waals surface area contributed by atoms with Gasteiger partial charge in [-0.2, -0.15) is 0 Å². The van der Waals surface area contributed by atoms with E-state index in [0.717, 1.165) is 63.1 Å². The molecule has 0 radical (unpaired) electrons. The van der Waals surface area contributed by atoms with Crippen molar-refractivity contribution >= 4 is 32.7 Å². The van der Waals surface area contributed by atoms with Crippen LogP contribution in [0.15, 0.2) is 71.3 Å². The first-order valence-corrected chi connectivity index (χ1v) is 13.9. The van der Waals surface area contributed by atoms with E-state index in [0.29, 0.717) is 11.3 Å². The third-order valence-electron chi connectivity index (χ3n) is 8.30. The number of nitrogens with zero attached hydrogens (tertiary/aromatic N) is 1. The van der Waals surface area contributed by atoms with Gasteiger partial charge in [0.25, 0.3) is 0 Å². The van der Waals surface area contributed by atoms with Gasteiger partial charge in [0.1, 0.15) is 11.2 Å². The molecule has 2 heterocycles. The highest BCUT2D eigenvalue weighted by Gasteiger charge is 2.45. The van der Waals surface area contributed by atoms with Crippen LogP contribution in [0.3, 0.4) is 0 Å². The number of rotatable bonds is 3. The van der Waals surface area contributed by atoms with Crippen molar-refractivity contribution in [3.05, 3.63) is 78.0 Å². The fraction of sp³-hybridized carbons (Fsp3) is 0.417. The predicted octanol–water partition coefficient (Wildman–Crippen LogP) is 10.7. The lowest BCUT2D eigenvalue weighted by molar-refractivity contribution is 0.0718. The number of fused-ring (bicyclic) bond motifs is 5. The molecule has 2 aromatic heterocycles. The summed E-state index contributed by atoms with van der Waals surface area (Å²) < 4.78 is 35.5. The standard InChI is InChI=1S/C36H41NO/c1-34(2,3)21-24-22-37-30(20-29(24)33-35(4,5)18-11-19-36(33,6)7)28-15-10-14-26-27-17-16-23-12-8-9-13-25(23)31(27)38-32(26)28/h8-10,12-17,20,22,33H,11,18-19,21H2,1-7H3/i21D2,33D. The van der Waals surface area contributed by atoms with Crippen LogP contribution < -0.4 is 0 Å². The normalized spacial score (nSPS) is 20.3. The monoisotopic (exact) mass is 506 g/mol. The van der Waals surface area contributed by atoms with Crippen LogP contribution in [-0.2, 0) is 6.37 Å². The fourth-order valence-corrected chi connectivity index (χ4v) is 6.91. The minimum absolute atomic E-state index is 0.361. The van der Waals surface area contributed by atoms with Crippen LogP contribution in [0.25, 0.3) is 44.0 Å². The van der Waals surface area contributed by atoms with Crippen LogP contribution in [0.1, 0.15) is 88.9 Å². The molecule has 1 aliphatic rings. The van der Waals surface area contributed by atoms with Gasteiger partial charge in [-0.15, -0.1) is 0 Å². The summed E-state index contributed by atoms with van der Waals surface area (Å²) >= 11 is 0. The van der Waals surface area contributed by atoms with Crippen LogP contribution in [0.2, 0.25) is 0 Å². The summed E-state index contributed by atoms with van der Waals surface area (Å²) in [6.07, 6.45) is 2.93. The molecule has 38 heavy (non-hydrogen) atoms. The van der Waals surface area contributed by atoms with Crippen LogP contribution in [0, 0.1) is 16.2 Å². The van der Waals surface area contributed by atoms with Crippen molar-refractivity contribution < 1.29 is 8.53 Å². The molecule has 0 amide bonds. The smallest absolute Gasteiger partial charge is 0.144 e. The van der Waals surface area contributed by atoms with Gasteiger partial charge in [-0.1, -0.05) is 97.4 Å². The largest absolute Gasteiger partial charge is 0.455 e. The molecule has 2 nitrogen and oxygen atoms in total. The van der Waals surface area contributed by atoms with E-state index in [2.05, 4.69) is 58.0 Å². The van der Waals surface area contributed by atoms with Crippen molar-refractivity contribution in [1.29, 1.82) is 0 Å². The van der Waals surface area contributed by atoms with Crippen LogP contribution >= 0.6 is 0 Å². The van der Waals surface area contributed by atoms with Crippen LogP contribution in [0.4, 0.5) is 0 Å². The number of hydrogen-bond donors (Lipinski definition) is 0. The van der Waals surface area contributed by atoms with Gasteiger partial charge in [-0.3, -0.25) is 4.98 Å². The summed E-state index contributed by atoms with van der Waals surface area (Å²) in [5.41, 5.74) is 3.08. The lowest BCUT2D eigenvalue weighted by Gasteiger charge is -2.50. The molecule has 2 heteroatoms. The highest BCUT2D eigenvalue weighted by Crippen LogP contribution is 2.57. The van der Waals surface area contributed by atoms with Gasteiger partial charge >= 0.3 is 0 Å². The lowest BCUT2D eigenvalue weighted by Crippen LogP contribution is -2.39. The molecular formula is C36H41NO. The van der Waals surface area contributed by atoms with Crippen molar-refractivity contribution in [2.45, 2.75) is 80.0 Å². The summed E-state index contributed by atoms with van der Waals surface area (Å²) in [6, 6.07) is 20.7. The van der Waals surface area contributed by atoms with Gasteiger partial charge in [0, 0.05) is 32.0 Å². The average Bonchev–Trinajstić information content (AvgIpc) is 3.30. The third-order valence-corrected chi connectivity index (χ3v) is 8.30. The van der Waals surface area contributed by atoms with E-state index in [1.54, 1.807) is 6.20 Å². The molecule has 0 atom stereocenters. The molecule has 5 aromatic rings. The van der Waals surface area contributed by atoms with Crippen molar-refractivity contribution in [2.75, 3.05) is 0 Å². The van der Waals surface area contributed by atoms with E-state index < -0.39 is 17.7 Å². The molecule has 1 aliphatic carbocycles. The van der Waals surface area contributed by atoms with Gasteiger partial charge in [0.15, 0.2) is 0 Å². The Bertz CT molecular complexity index is 1790. The predicted molar refractivity (Wildman–Crippen MR) is 162 cm³/mol. The Morgan fingerprint density at radius 1 is 0.895 bits per heavy atom. The average molecular weight is 507 g/mol. The molecule has 1 saturated carbocycles. The van der Waals surface area contributed by atoms with Gasteiger partial charge < -0.3 is 4.42 Å². The minimum atomic E-state index is -1.68. The number of furan rings is 1.